The molecule has 0 bridgehead atoms. The van der Waals surface area contributed by atoms with Crippen molar-refractivity contribution < 1.29 is 19.4 Å². The van der Waals surface area contributed by atoms with Gasteiger partial charge in [-0.1, -0.05) is 12.7 Å². The van der Waals surface area contributed by atoms with Crippen molar-refractivity contribution in [1.29, 1.82) is 0 Å². The second kappa shape index (κ2) is 5.87. The van der Waals surface area contributed by atoms with Crippen molar-refractivity contribution in [3.63, 3.8) is 0 Å². The Labute approximate surface area is 114 Å². The first-order chi connectivity index (χ1) is 9.60. The molecule has 7 heteroatoms. The summed E-state index contributed by atoms with van der Waals surface area (Å²) in [7, 11) is 0. The van der Waals surface area contributed by atoms with Crippen molar-refractivity contribution in [2.45, 2.75) is 6.54 Å². The number of carboxylic acid groups (broad SMARTS) is 1. The van der Waals surface area contributed by atoms with Gasteiger partial charge in [-0.15, -0.1) is 0 Å². The lowest BCUT2D eigenvalue weighted by atomic mass is 10.2. The molecule has 0 saturated heterocycles. The maximum absolute atomic E-state index is 11.4. The summed E-state index contributed by atoms with van der Waals surface area (Å²) in [6.45, 7) is 3.31. The van der Waals surface area contributed by atoms with Gasteiger partial charge in [-0.05, 0) is 18.2 Å². The predicted molar refractivity (Wildman–Crippen MR) is 72.5 cm³/mol. The smallest absolute Gasteiger partial charge is 0.411 e. The van der Waals surface area contributed by atoms with Crippen molar-refractivity contribution in [2.75, 3.05) is 11.9 Å². The van der Waals surface area contributed by atoms with E-state index in [1.807, 2.05) is 0 Å². The summed E-state index contributed by atoms with van der Waals surface area (Å²) >= 11 is 0. The lowest BCUT2D eigenvalue weighted by molar-refractivity contribution is -0.137. The molecule has 0 atom stereocenters. The topological polar surface area (TPSA) is 93.5 Å². The number of hydrogen-bond acceptors (Lipinski definition) is 4. The van der Waals surface area contributed by atoms with Gasteiger partial charge in [0.2, 0.25) is 0 Å². The van der Waals surface area contributed by atoms with Gasteiger partial charge in [0.05, 0.1) is 11.7 Å². The standard InChI is InChI=1S/C13H13N3O4/c1-2-5-20-13(19)15-10-4-3-9-7-14-16(8-12(17)18)11(9)6-10/h2-4,6-7H,1,5,8H2,(H,15,19)(H,17,18). The number of carbonyl (C=O) groups excluding carboxylic acids is 1. The van der Waals surface area contributed by atoms with E-state index < -0.39 is 12.1 Å². The third kappa shape index (κ3) is 3.14. The summed E-state index contributed by atoms with van der Waals surface area (Å²) in [5, 5.41) is 16.1. The molecule has 0 aliphatic rings. The number of aromatic nitrogens is 2. The lowest BCUT2D eigenvalue weighted by Gasteiger charge is -2.06. The van der Waals surface area contributed by atoms with E-state index in [1.165, 1.54) is 10.8 Å². The molecule has 0 saturated carbocycles. The van der Waals surface area contributed by atoms with Crippen LogP contribution in [0.25, 0.3) is 10.9 Å². The molecule has 0 spiro atoms. The fourth-order valence-electron chi connectivity index (χ4n) is 1.69. The zero-order valence-corrected chi connectivity index (χ0v) is 10.6. The zero-order chi connectivity index (χ0) is 14.5. The van der Waals surface area contributed by atoms with E-state index in [0.717, 1.165) is 5.39 Å². The number of hydrogen-bond donors (Lipinski definition) is 2. The van der Waals surface area contributed by atoms with Gasteiger partial charge < -0.3 is 9.84 Å². The number of fused-ring (bicyclic) bond motifs is 1. The fourth-order valence-corrected chi connectivity index (χ4v) is 1.69. The Balaban J connectivity index is 2.20. The van der Waals surface area contributed by atoms with Crippen LogP contribution in [0.1, 0.15) is 0 Å². The molecule has 0 aliphatic heterocycles. The summed E-state index contributed by atoms with van der Waals surface area (Å²) in [6, 6.07) is 5.06. The molecule has 0 radical (unpaired) electrons. The summed E-state index contributed by atoms with van der Waals surface area (Å²) < 4.78 is 6.14. The van der Waals surface area contributed by atoms with Gasteiger partial charge in [0.25, 0.3) is 0 Å². The summed E-state index contributed by atoms with van der Waals surface area (Å²) in [5.74, 6) is -0.987. The molecule has 1 heterocycles. The van der Waals surface area contributed by atoms with Crippen LogP contribution >= 0.6 is 0 Å². The quantitative estimate of drug-likeness (QED) is 0.812. The number of rotatable bonds is 5. The Kier molecular flexibility index (Phi) is 3.99. The van der Waals surface area contributed by atoms with Gasteiger partial charge in [-0.25, -0.2) is 4.79 Å². The minimum atomic E-state index is -0.987. The Hall–Kier alpha value is -2.83. The zero-order valence-electron chi connectivity index (χ0n) is 10.6. The number of nitrogens with zero attached hydrogens (tertiary/aromatic N) is 2. The lowest BCUT2D eigenvalue weighted by Crippen LogP contribution is -2.14. The van der Waals surface area contributed by atoms with Crippen molar-refractivity contribution in [3.8, 4) is 0 Å². The minimum Gasteiger partial charge on any atom is -0.480 e. The van der Waals surface area contributed by atoms with Gasteiger partial charge >= 0.3 is 12.1 Å². The molecular formula is C13H13N3O4. The highest BCUT2D eigenvalue weighted by Gasteiger charge is 2.08. The molecule has 7 nitrogen and oxygen atoms in total. The first kappa shape index (κ1) is 13.6. The van der Waals surface area contributed by atoms with Crippen LogP contribution in [0, 0.1) is 0 Å². The number of anilines is 1. The van der Waals surface area contributed by atoms with Gasteiger partial charge in [0, 0.05) is 11.1 Å². The Morgan fingerprint density at radius 3 is 3.00 bits per heavy atom. The Morgan fingerprint density at radius 2 is 2.30 bits per heavy atom. The molecule has 0 fully saturated rings. The van der Waals surface area contributed by atoms with Crippen LogP contribution < -0.4 is 5.32 Å². The van der Waals surface area contributed by atoms with E-state index >= 15 is 0 Å². The molecule has 2 aromatic rings. The van der Waals surface area contributed by atoms with Crippen LogP contribution in [-0.4, -0.2) is 33.6 Å². The van der Waals surface area contributed by atoms with E-state index in [9.17, 15) is 9.59 Å². The van der Waals surface area contributed by atoms with E-state index in [1.54, 1.807) is 24.4 Å². The van der Waals surface area contributed by atoms with Crippen LogP contribution in [0.15, 0.2) is 37.1 Å². The number of aliphatic carboxylic acids is 1. The maximum atomic E-state index is 11.4. The maximum Gasteiger partial charge on any atom is 0.411 e. The number of carboxylic acids is 1. The molecule has 2 N–H and O–H groups in total. The summed E-state index contributed by atoms with van der Waals surface area (Å²) in [6.07, 6.45) is 2.43. The first-order valence-corrected chi connectivity index (χ1v) is 5.82. The second-order valence-corrected chi connectivity index (χ2v) is 3.98. The second-order valence-electron chi connectivity index (χ2n) is 3.98. The largest absolute Gasteiger partial charge is 0.480 e. The van der Waals surface area contributed by atoms with Crippen LogP contribution in [0.2, 0.25) is 0 Å². The molecule has 0 unspecified atom stereocenters. The molecule has 2 rings (SSSR count). The van der Waals surface area contributed by atoms with Crippen LogP contribution in [-0.2, 0) is 16.1 Å². The normalized spacial score (nSPS) is 10.2. The number of nitrogens with one attached hydrogen (secondary N) is 1. The Morgan fingerprint density at radius 1 is 1.50 bits per heavy atom. The van der Waals surface area contributed by atoms with E-state index in [4.69, 9.17) is 9.84 Å². The monoisotopic (exact) mass is 275 g/mol. The number of carbonyl (C=O) groups is 2. The van der Waals surface area contributed by atoms with E-state index in [2.05, 4.69) is 17.0 Å². The van der Waals surface area contributed by atoms with E-state index in [-0.39, 0.29) is 13.2 Å². The first-order valence-electron chi connectivity index (χ1n) is 5.82. The van der Waals surface area contributed by atoms with Crippen molar-refractivity contribution in [3.05, 3.63) is 37.1 Å². The van der Waals surface area contributed by atoms with E-state index in [0.29, 0.717) is 11.2 Å². The Bertz CT molecular complexity index is 663. The van der Waals surface area contributed by atoms with Crippen molar-refractivity contribution in [1.82, 2.24) is 9.78 Å². The third-order valence-electron chi connectivity index (χ3n) is 2.51. The molecule has 20 heavy (non-hydrogen) atoms. The van der Waals surface area contributed by atoms with Crippen LogP contribution in [0.5, 0.6) is 0 Å². The van der Waals surface area contributed by atoms with Crippen molar-refractivity contribution in [2.24, 2.45) is 0 Å². The molecule has 1 aromatic carbocycles. The molecule has 104 valence electrons. The third-order valence-corrected chi connectivity index (χ3v) is 2.51. The summed E-state index contributed by atoms with van der Waals surface area (Å²) in [4.78, 5) is 22.1. The van der Waals surface area contributed by atoms with Crippen LogP contribution in [0.3, 0.4) is 0 Å². The SMILES string of the molecule is C=CCOC(=O)Nc1ccc2cnn(CC(=O)O)c2c1. The van der Waals surface area contributed by atoms with Gasteiger partial charge in [0.1, 0.15) is 13.2 Å². The number of ether oxygens (including phenoxy) is 1. The van der Waals surface area contributed by atoms with Crippen molar-refractivity contribution >= 4 is 28.7 Å². The molecule has 1 aromatic heterocycles. The average Bonchev–Trinajstić information content (AvgIpc) is 2.78. The van der Waals surface area contributed by atoms with Gasteiger partial charge in [0.15, 0.2) is 0 Å². The van der Waals surface area contributed by atoms with Crippen LogP contribution in [0.4, 0.5) is 10.5 Å². The van der Waals surface area contributed by atoms with Gasteiger partial charge in [-0.2, -0.15) is 5.10 Å². The minimum absolute atomic E-state index is 0.116. The van der Waals surface area contributed by atoms with Gasteiger partial charge in [-0.3, -0.25) is 14.8 Å². The fraction of sp³-hybridized carbons (Fsp3) is 0.154. The average molecular weight is 275 g/mol. The molecular weight excluding hydrogens is 262 g/mol. The molecule has 1 amide bonds. The number of amides is 1. The summed E-state index contributed by atoms with van der Waals surface area (Å²) in [5.41, 5.74) is 1.12. The molecule has 0 aliphatic carbocycles. The highest BCUT2D eigenvalue weighted by molar-refractivity contribution is 5.90. The number of benzene rings is 1. The highest BCUT2D eigenvalue weighted by atomic mass is 16.5. The predicted octanol–water partition coefficient (Wildman–Crippen LogP) is 1.86. The highest BCUT2D eigenvalue weighted by Crippen LogP contribution is 2.19.